The lowest BCUT2D eigenvalue weighted by atomic mass is 10.1. The number of hydrogen-bond donors (Lipinski definition) is 1. The number of hydrogen-bond acceptors (Lipinski definition) is 2. The first-order valence-electron chi connectivity index (χ1n) is 6.20. The molecule has 0 saturated heterocycles. The molecule has 2 aromatic rings. The van der Waals surface area contributed by atoms with Crippen LogP contribution < -0.4 is 5.32 Å². The second kappa shape index (κ2) is 5.55. The lowest BCUT2D eigenvalue weighted by Gasteiger charge is -2.09. The fourth-order valence-electron chi connectivity index (χ4n) is 1.73. The van der Waals surface area contributed by atoms with Crippen LogP contribution in [0.2, 0.25) is 0 Å². The van der Waals surface area contributed by atoms with Crippen LogP contribution in [-0.2, 0) is 6.18 Å². The van der Waals surface area contributed by atoms with E-state index in [9.17, 15) is 18.0 Å². The number of aromatic nitrogens is 1. The summed E-state index contributed by atoms with van der Waals surface area (Å²) in [6.07, 6.45) is -4.54. The third kappa shape index (κ3) is 3.59. The second-order valence-corrected chi connectivity index (χ2v) is 4.66. The third-order valence-electron chi connectivity index (χ3n) is 3.05. The molecule has 1 N–H and O–H groups in total. The molecule has 0 atom stereocenters. The van der Waals surface area contributed by atoms with E-state index in [0.717, 1.165) is 17.2 Å². The molecular formula is C15H13F3N2O. The van der Waals surface area contributed by atoms with E-state index in [4.69, 9.17) is 0 Å². The molecule has 0 bridgehead atoms. The van der Waals surface area contributed by atoms with Crippen molar-refractivity contribution in [3.8, 4) is 0 Å². The summed E-state index contributed by atoms with van der Waals surface area (Å²) in [6.45, 7) is 3.76. The van der Waals surface area contributed by atoms with Gasteiger partial charge in [-0.3, -0.25) is 4.79 Å². The number of nitrogens with one attached hydrogen (secondary N) is 1. The van der Waals surface area contributed by atoms with E-state index >= 15 is 0 Å². The Labute approximate surface area is 119 Å². The zero-order chi connectivity index (χ0) is 15.6. The maximum Gasteiger partial charge on any atom is 0.433 e. The van der Waals surface area contributed by atoms with Gasteiger partial charge in [0.25, 0.3) is 5.91 Å². The number of anilines is 1. The number of nitrogens with zero attached hydrogens (tertiary/aromatic N) is 1. The van der Waals surface area contributed by atoms with Gasteiger partial charge in [0.1, 0.15) is 11.5 Å². The molecule has 110 valence electrons. The summed E-state index contributed by atoms with van der Waals surface area (Å²) >= 11 is 0. The Morgan fingerprint density at radius 1 is 1.10 bits per heavy atom. The van der Waals surface area contributed by atoms with Crippen LogP contribution in [0.1, 0.15) is 27.2 Å². The first-order chi connectivity index (χ1) is 9.77. The molecule has 0 spiro atoms. The van der Waals surface area contributed by atoms with Crippen LogP contribution in [-0.4, -0.2) is 10.9 Å². The fourth-order valence-corrected chi connectivity index (χ4v) is 1.73. The van der Waals surface area contributed by atoms with Gasteiger partial charge in [0.2, 0.25) is 0 Å². The number of amides is 1. The van der Waals surface area contributed by atoms with E-state index in [1.54, 1.807) is 18.2 Å². The Bertz CT molecular complexity index is 681. The lowest BCUT2D eigenvalue weighted by molar-refractivity contribution is -0.141. The number of carbonyl (C=O) groups excluding carboxylic acids is 1. The molecule has 1 heterocycles. The Balaban J connectivity index is 2.21. The van der Waals surface area contributed by atoms with Gasteiger partial charge < -0.3 is 5.32 Å². The number of benzene rings is 1. The van der Waals surface area contributed by atoms with Crippen molar-refractivity contribution < 1.29 is 18.0 Å². The molecule has 0 saturated carbocycles. The Hall–Kier alpha value is -2.37. The molecule has 0 aliphatic carbocycles. The van der Waals surface area contributed by atoms with Crippen molar-refractivity contribution in [2.45, 2.75) is 20.0 Å². The van der Waals surface area contributed by atoms with Gasteiger partial charge in [-0.1, -0.05) is 12.1 Å². The van der Waals surface area contributed by atoms with E-state index in [1.807, 2.05) is 13.8 Å². The first kappa shape index (κ1) is 15.0. The van der Waals surface area contributed by atoms with Crippen molar-refractivity contribution in [2.75, 3.05) is 5.32 Å². The minimum absolute atomic E-state index is 0.131. The molecule has 0 fully saturated rings. The average molecular weight is 294 g/mol. The quantitative estimate of drug-likeness (QED) is 0.910. The van der Waals surface area contributed by atoms with Crippen LogP contribution in [0.4, 0.5) is 19.0 Å². The SMILES string of the molecule is Cc1ccc(C(=O)Nc2cccc(C(F)(F)F)n2)cc1C. The molecule has 1 aromatic heterocycles. The van der Waals surface area contributed by atoms with E-state index < -0.39 is 17.8 Å². The predicted octanol–water partition coefficient (Wildman–Crippen LogP) is 3.97. The van der Waals surface area contributed by atoms with E-state index in [-0.39, 0.29) is 5.82 Å². The predicted molar refractivity (Wildman–Crippen MR) is 73.1 cm³/mol. The monoisotopic (exact) mass is 294 g/mol. The molecule has 3 nitrogen and oxygen atoms in total. The number of halogens is 3. The molecule has 2 rings (SSSR count). The number of alkyl halides is 3. The standard InChI is InChI=1S/C15H13F3N2O/c1-9-6-7-11(8-10(9)2)14(21)20-13-5-3-4-12(19-13)15(16,17)18/h3-8H,1-2H3,(H,19,20,21). The topological polar surface area (TPSA) is 42.0 Å². The fraction of sp³-hybridized carbons (Fsp3) is 0.200. The number of carbonyl (C=O) groups is 1. The van der Waals surface area contributed by atoms with E-state index in [1.165, 1.54) is 12.1 Å². The van der Waals surface area contributed by atoms with Crippen molar-refractivity contribution >= 4 is 11.7 Å². The third-order valence-corrected chi connectivity index (χ3v) is 3.05. The van der Waals surface area contributed by atoms with Gasteiger partial charge in [-0.25, -0.2) is 4.98 Å². The molecule has 0 radical (unpaired) electrons. The van der Waals surface area contributed by atoms with Crippen molar-refractivity contribution in [2.24, 2.45) is 0 Å². The van der Waals surface area contributed by atoms with Crippen molar-refractivity contribution in [1.29, 1.82) is 0 Å². The molecule has 0 unspecified atom stereocenters. The van der Waals surface area contributed by atoms with Gasteiger partial charge in [0, 0.05) is 5.56 Å². The van der Waals surface area contributed by atoms with E-state index in [0.29, 0.717) is 5.56 Å². The van der Waals surface area contributed by atoms with Crippen LogP contribution in [0.3, 0.4) is 0 Å². The Morgan fingerprint density at radius 2 is 1.81 bits per heavy atom. The van der Waals surface area contributed by atoms with Gasteiger partial charge >= 0.3 is 6.18 Å². The summed E-state index contributed by atoms with van der Waals surface area (Å²) < 4.78 is 37.7. The zero-order valence-electron chi connectivity index (χ0n) is 11.5. The minimum atomic E-state index is -4.54. The largest absolute Gasteiger partial charge is 0.433 e. The highest BCUT2D eigenvalue weighted by Crippen LogP contribution is 2.28. The number of aryl methyl sites for hydroxylation is 2. The van der Waals surface area contributed by atoms with Crippen LogP contribution in [0.5, 0.6) is 0 Å². The first-order valence-corrected chi connectivity index (χ1v) is 6.20. The van der Waals surface area contributed by atoms with Crippen LogP contribution in [0.15, 0.2) is 36.4 Å². The number of rotatable bonds is 2. The van der Waals surface area contributed by atoms with E-state index in [2.05, 4.69) is 10.3 Å². The summed E-state index contributed by atoms with van der Waals surface area (Å²) in [5.74, 6) is -0.627. The molecule has 1 amide bonds. The number of pyridine rings is 1. The molecule has 0 aliphatic rings. The Morgan fingerprint density at radius 3 is 2.43 bits per heavy atom. The smallest absolute Gasteiger partial charge is 0.307 e. The summed E-state index contributed by atoms with van der Waals surface area (Å²) in [5.41, 5.74) is 1.29. The van der Waals surface area contributed by atoms with Gasteiger partial charge in [-0.05, 0) is 49.2 Å². The van der Waals surface area contributed by atoms with Crippen LogP contribution >= 0.6 is 0 Å². The molecular weight excluding hydrogens is 281 g/mol. The highest BCUT2D eigenvalue weighted by molar-refractivity contribution is 6.03. The van der Waals surface area contributed by atoms with Gasteiger partial charge in [-0.2, -0.15) is 13.2 Å². The van der Waals surface area contributed by atoms with Crippen molar-refractivity contribution in [3.63, 3.8) is 0 Å². The summed E-state index contributed by atoms with van der Waals surface area (Å²) in [7, 11) is 0. The second-order valence-electron chi connectivity index (χ2n) is 4.66. The molecule has 21 heavy (non-hydrogen) atoms. The van der Waals surface area contributed by atoms with Crippen LogP contribution in [0, 0.1) is 13.8 Å². The van der Waals surface area contributed by atoms with Crippen LogP contribution in [0.25, 0.3) is 0 Å². The van der Waals surface area contributed by atoms with Gasteiger partial charge in [-0.15, -0.1) is 0 Å². The van der Waals surface area contributed by atoms with Gasteiger partial charge in [0.15, 0.2) is 0 Å². The summed E-state index contributed by atoms with van der Waals surface area (Å²) in [6, 6.07) is 8.44. The minimum Gasteiger partial charge on any atom is -0.307 e. The molecule has 6 heteroatoms. The molecule has 1 aromatic carbocycles. The highest BCUT2D eigenvalue weighted by atomic mass is 19.4. The summed E-state index contributed by atoms with van der Waals surface area (Å²) in [4.78, 5) is 15.4. The normalized spacial score (nSPS) is 11.3. The lowest BCUT2D eigenvalue weighted by Crippen LogP contribution is -2.15. The van der Waals surface area contributed by atoms with Crippen molar-refractivity contribution in [3.05, 3.63) is 58.8 Å². The maximum absolute atomic E-state index is 12.6. The highest BCUT2D eigenvalue weighted by Gasteiger charge is 2.32. The zero-order valence-corrected chi connectivity index (χ0v) is 11.5. The maximum atomic E-state index is 12.6. The average Bonchev–Trinajstić information content (AvgIpc) is 2.41. The van der Waals surface area contributed by atoms with Crippen molar-refractivity contribution in [1.82, 2.24) is 4.98 Å². The van der Waals surface area contributed by atoms with Gasteiger partial charge in [0.05, 0.1) is 0 Å². The molecule has 0 aliphatic heterocycles. The Kier molecular flexibility index (Phi) is 3.97. The summed E-state index contributed by atoms with van der Waals surface area (Å²) in [5, 5.41) is 2.37.